The number of hydrogen-bond acceptors (Lipinski definition) is 2. The van der Waals surface area contributed by atoms with Crippen molar-refractivity contribution in [2.45, 2.75) is 20.4 Å². The number of aromatic nitrogens is 1. The van der Waals surface area contributed by atoms with E-state index in [0.717, 1.165) is 12.1 Å². The van der Waals surface area contributed by atoms with E-state index in [-0.39, 0.29) is 5.56 Å². The standard InChI is InChI=1S/C15H16F2N2/c1-3-18-7-11-5-12(9-19-8-11)13-6-14(16)10(2)4-15(13)17/h4-6,8-9,18H,3,7H2,1-2H3. The predicted molar refractivity (Wildman–Crippen MR) is 71.7 cm³/mol. The van der Waals surface area contributed by atoms with Gasteiger partial charge in [0.15, 0.2) is 0 Å². The average Bonchev–Trinajstić information content (AvgIpc) is 2.41. The maximum absolute atomic E-state index is 13.9. The van der Waals surface area contributed by atoms with Crippen molar-refractivity contribution >= 4 is 0 Å². The number of halogens is 2. The predicted octanol–water partition coefficient (Wildman–Crippen LogP) is 3.44. The van der Waals surface area contributed by atoms with Gasteiger partial charge >= 0.3 is 0 Å². The number of hydrogen-bond donors (Lipinski definition) is 1. The first-order valence-corrected chi connectivity index (χ1v) is 6.22. The van der Waals surface area contributed by atoms with Crippen molar-refractivity contribution in [2.75, 3.05) is 6.54 Å². The first-order valence-electron chi connectivity index (χ1n) is 6.22. The molecule has 0 fully saturated rings. The summed E-state index contributed by atoms with van der Waals surface area (Å²) in [6, 6.07) is 4.25. The zero-order chi connectivity index (χ0) is 13.8. The van der Waals surface area contributed by atoms with Gasteiger partial charge in [-0.3, -0.25) is 4.98 Å². The molecule has 0 radical (unpaired) electrons. The largest absolute Gasteiger partial charge is 0.313 e. The highest BCUT2D eigenvalue weighted by Crippen LogP contribution is 2.25. The highest BCUT2D eigenvalue weighted by Gasteiger charge is 2.10. The fourth-order valence-electron chi connectivity index (χ4n) is 1.87. The van der Waals surface area contributed by atoms with Gasteiger partial charge in [0.2, 0.25) is 0 Å². The van der Waals surface area contributed by atoms with E-state index in [4.69, 9.17) is 0 Å². The lowest BCUT2D eigenvalue weighted by Crippen LogP contribution is -2.11. The summed E-state index contributed by atoms with van der Waals surface area (Å²) >= 11 is 0. The molecule has 1 N–H and O–H groups in total. The highest BCUT2D eigenvalue weighted by molar-refractivity contribution is 5.64. The molecule has 4 heteroatoms. The molecule has 0 saturated heterocycles. The van der Waals surface area contributed by atoms with E-state index in [1.807, 2.05) is 13.0 Å². The van der Waals surface area contributed by atoms with Gasteiger partial charge in [-0.2, -0.15) is 0 Å². The molecule has 1 aromatic heterocycles. The Labute approximate surface area is 111 Å². The molecule has 2 rings (SSSR count). The van der Waals surface area contributed by atoms with Crippen molar-refractivity contribution in [3.8, 4) is 11.1 Å². The lowest BCUT2D eigenvalue weighted by molar-refractivity contribution is 0.595. The topological polar surface area (TPSA) is 24.9 Å². The molecule has 0 unspecified atom stereocenters. The van der Waals surface area contributed by atoms with E-state index >= 15 is 0 Å². The maximum Gasteiger partial charge on any atom is 0.131 e. The average molecular weight is 262 g/mol. The van der Waals surface area contributed by atoms with Crippen molar-refractivity contribution in [1.82, 2.24) is 10.3 Å². The normalized spacial score (nSPS) is 10.7. The molecule has 0 spiro atoms. The summed E-state index contributed by atoms with van der Waals surface area (Å²) in [5.74, 6) is -0.838. The van der Waals surface area contributed by atoms with Crippen molar-refractivity contribution in [2.24, 2.45) is 0 Å². The number of benzene rings is 1. The molecular formula is C15H16F2N2. The smallest absolute Gasteiger partial charge is 0.131 e. The third-order valence-electron chi connectivity index (χ3n) is 2.93. The van der Waals surface area contributed by atoms with Crippen LogP contribution in [0.2, 0.25) is 0 Å². The minimum absolute atomic E-state index is 0.244. The van der Waals surface area contributed by atoms with Gasteiger partial charge in [-0.25, -0.2) is 8.78 Å². The molecule has 0 aliphatic carbocycles. The Bertz CT molecular complexity index is 582. The summed E-state index contributed by atoms with van der Waals surface area (Å²) in [6.45, 7) is 5.05. The zero-order valence-electron chi connectivity index (χ0n) is 11.0. The number of nitrogens with zero attached hydrogens (tertiary/aromatic N) is 1. The molecule has 0 atom stereocenters. The van der Waals surface area contributed by atoms with Gasteiger partial charge in [-0.05, 0) is 42.8 Å². The Balaban J connectivity index is 2.38. The molecule has 0 amide bonds. The first-order chi connectivity index (χ1) is 9.11. The summed E-state index contributed by atoms with van der Waals surface area (Å²) in [6.07, 6.45) is 3.26. The fourth-order valence-corrected chi connectivity index (χ4v) is 1.87. The summed E-state index contributed by atoms with van der Waals surface area (Å²) in [5.41, 5.74) is 2.08. The SMILES string of the molecule is CCNCc1cncc(-c2cc(F)c(C)cc2F)c1. The summed E-state index contributed by atoms with van der Waals surface area (Å²) < 4.78 is 27.4. The monoisotopic (exact) mass is 262 g/mol. The van der Waals surface area contributed by atoms with Crippen molar-refractivity contribution in [3.05, 3.63) is 53.4 Å². The van der Waals surface area contributed by atoms with E-state index < -0.39 is 11.6 Å². The molecule has 2 aromatic rings. The summed E-state index contributed by atoms with van der Waals surface area (Å²) in [4.78, 5) is 4.08. The molecule has 0 saturated carbocycles. The number of nitrogens with one attached hydrogen (secondary N) is 1. The molecule has 19 heavy (non-hydrogen) atoms. The van der Waals surface area contributed by atoms with E-state index in [1.54, 1.807) is 19.3 Å². The zero-order valence-corrected chi connectivity index (χ0v) is 11.0. The molecule has 100 valence electrons. The molecule has 1 aromatic carbocycles. The quantitative estimate of drug-likeness (QED) is 0.913. The minimum atomic E-state index is -0.429. The maximum atomic E-state index is 13.9. The van der Waals surface area contributed by atoms with Gasteiger partial charge in [0.05, 0.1) is 0 Å². The van der Waals surface area contributed by atoms with Crippen LogP contribution in [0.15, 0.2) is 30.6 Å². The van der Waals surface area contributed by atoms with E-state index in [2.05, 4.69) is 10.3 Å². The second kappa shape index (κ2) is 5.89. The second-order valence-electron chi connectivity index (χ2n) is 4.44. The first kappa shape index (κ1) is 13.6. The Hall–Kier alpha value is -1.81. The van der Waals surface area contributed by atoms with Crippen LogP contribution in [0.1, 0.15) is 18.1 Å². The van der Waals surface area contributed by atoms with Gasteiger partial charge in [-0.15, -0.1) is 0 Å². The Morgan fingerprint density at radius 3 is 2.63 bits per heavy atom. The fraction of sp³-hybridized carbons (Fsp3) is 0.267. The van der Waals surface area contributed by atoms with E-state index in [0.29, 0.717) is 17.7 Å². The van der Waals surface area contributed by atoms with Crippen LogP contribution in [0, 0.1) is 18.6 Å². The molecule has 1 heterocycles. The Kier molecular flexibility index (Phi) is 4.22. The van der Waals surface area contributed by atoms with Crippen LogP contribution in [0.25, 0.3) is 11.1 Å². The number of pyridine rings is 1. The number of rotatable bonds is 4. The lowest BCUT2D eigenvalue weighted by Gasteiger charge is -2.08. The van der Waals surface area contributed by atoms with Gasteiger partial charge in [-0.1, -0.05) is 6.92 Å². The van der Waals surface area contributed by atoms with Crippen LogP contribution in [0.5, 0.6) is 0 Å². The van der Waals surface area contributed by atoms with Crippen molar-refractivity contribution in [3.63, 3.8) is 0 Å². The van der Waals surface area contributed by atoms with E-state index in [1.165, 1.54) is 12.1 Å². The minimum Gasteiger partial charge on any atom is -0.313 e. The van der Waals surface area contributed by atoms with Gasteiger partial charge in [0, 0.05) is 30.1 Å². The van der Waals surface area contributed by atoms with Crippen molar-refractivity contribution < 1.29 is 8.78 Å². The molecule has 2 nitrogen and oxygen atoms in total. The van der Waals surface area contributed by atoms with Crippen LogP contribution in [-0.4, -0.2) is 11.5 Å². The van der Waals surface area contributed by atoms with Gasteiger partial charge < -0.3 is 5.32 Å². The van der Waals surface area contributed by atoms with Crippen LogP contribution in [-0.2, 0) is 6.54 Å². The van der Waals surface area contributed by atoms with Gasteiger partial charge in [0.1, 0.15) is 11.6 Å². The number of aryl methyl sites for hydroxylation is 1. The summed E-state index contributed by atoms with van der Waals surface area (Å²) in [5, 5.41) is 3.17. The molecule has 0 bridgehead atoms. The van der Waals surface area contributed by atoms with E-state index in [9.17, 15) is 8.78 Å². The van der Waals surface area contributed by atoms with Crippen LogP contribution in [0.4, 0.5) is 8.78 Å². The summed E-state index contributed by atoms with van der Waals surface area (Å²) in [7, 11) is 0. The highest BCUT2D eigenvalue weighted by atomic mass is 19.1. The molecular weight excluding hydrogens is 246 g/mol. The third-order valence-corrected chi connectivity index (χ3v) is 2.93. The molecule has 0 aliphatic heterocycles. The Morgan fingerprint density at radius 2 is 1.89 bits per heavy atom. The van der Waals surface area contributed by atoms with Gasteiger partial charge in [0.25, 0.3) is 0 Å². The third kappa shape index (κ3) is 3.15. The van der Waals surface area contributed by atoms with Crippen LogP contribution < -0.4 is 5.32 Å². The van der Waals surface area contributed by atoms with Crippen LogP contribution >= 0.6 is 0 Å². The lowest BCUT2D eigenvalue weighted by atomic mass is 10.0. The van der Waals surface area contributed by atoms with Crippen LogP contribution in [0.3, 0.4) is 0 Å². The molecule has 0 aliphatic rings. The Morgan fingerprint density at radius 1 is 1.11 bits per heavy atom. The van der Waals surface area contributed by atoms with Crippen molar-refractivity contribution in [1.29, 1.82) is 0 Å². The second-order valence-corrected chi connectivity index (χ2v) is 4.44.